The van der Waals surface area contributed by atoms with E-state index in [-0.39, 0.29) is 0 Å². The van der Waals surface area contributed by atoms with E-state index in [2.05, 4.69) is 0 Å². The Balaban J connectivity index is 2.22. The third-order valence-electron chi connectivity index (χ3n) is 2.77. The number of hydrogen-bond donors (Lipinski definition) is 1. The zero-order valence-electron chi connectivity index (χ0n) is 10.3. The monoisotopic (exact) mass is 282 g/mol. The van der Waals surface area contributed by atoms with Crippen molar-refractivity contribution in [3.63, 3.8) is 0 Å². The molecule has 1 heterocycles. The lowest BCUT2D eigenvalue weighted by atomic mass is 10.0. The quantitative estimate of drug-likeness (QED) is 0.919. The molecule has 0 bridgehead atoms. The van der Waals surface area contributed by atoms with Crippen molar-refractivity contribution in [2.45, 2.75) is 19.4 Å². The number of aliphatic hydroxyl groups is 1. The minimum atomic E-state index is -0.574. The minimum Gasteiger partial charge on any atom is -0.496 e. The fraction of sp³-hybridized carbons (Fsp3) is 0.286. The second-order valence-corrected chi connectivity index (χ2v) is 5.97. The van der Waals surface area contributed by atoms with E-state index < -0.39 is 6.10 Å². The molecule has 0 fully saturated rings. The molecule has 1 aromatic carbocycles. The minimum absolute atomic E-state index is 0.553. The van der Waals surface area contributed by atoms with Crippen LogP contribution in [0.3, 0.4) is 0 Å². The van der Waals surface area contributed by atoms with Crippen molar-refractivity contribution in [3.8, 4) is 5.75 Å². The highest BCUT2D eigenvalue weighted by Crippen LogP contribution is 2.31. The number of aryl methyl sites for hydroxylation is 1. The van der Waals surface area contributed by atoms with E-state index in [1.165, 1.54) is 11.3 Å². The molecule has 2 rings (SSSR count). The molecule has 96 valence electrons. The van der Waals surface area contributed by atoms with E-state index in [1.54, 1.807) is 7.11 Å². The summed E-state index contributed by atoms with van der Waals surface area (Å²) < 4.78 is 6.03. The van der Waals surface area contributed by atoms with Gasteiger partial charge in [0, 0.05) is 16.9 Å². The molecule has 0 aliphatic heterocycles. The highest BCUT2D eigenvalue weighted by atomic mass is 35.5. The maximum absolute atomic E-state index is 10.3. The van der Waals surface area contributed by atoms with Crippen LogP contribution in [-0.4, -0.2) is 12.2 Å². The number of hydrogen-bond acceptors (Lipinski definition) is 3. The summed E-state index contributed by atoms with van der Waals surface area (Å²) >= 11 is 7.38. The number of rotatable bonds is 4. The zero-order chi connectivity index (χ0) is 13.1. The van der Waals surface area contributed by atoms with Crippen molar-refractivity contribution in [2.75, 3.05) is 7.11 Å². The van der Waals surface area contributed by atoms with E-state index in [0.717, 1.165) is 26.1 Å². The van der Waals surface area contributed by atoms with Gasteiger partial charge in [0.05, 0.1) is 17.6 Å². The predicted molar refractivity (Wildman–Crippen MR) is 75.7 cm³/mol. The Morgan fingerprint density at radius 2 is 2.11 bits per heavy atom. The predicted octanol–water partition coefficient (Wildman–Crippen LogP) is 3.99. The average Bonchev–Trinajstić information content (AvgIpc) is 2.74. The fourth-order valence-electron chi connectivity index (χ4n) is 1.88. The highest BCUT2D eigenvalue weighted by molar-refractivity contribution is 7.16. The van der Waals surface area contributed by atoms with E-state index >= 15 is 0 Å². The molecular formula is C14H15ClO2S. The van der Waals surface area contributed by atoms with Gasteiger partial charge in [-0.05, 0) is 31.2 Å². The van der Waals surface area contributed by atoms with Crippen LogP contribution in [0.5, 0.6) is 5.75 Å². The molecule has 0 saturated heterocycles. The molecule has 0 saturated carbocycles. The molecule has 0 aliphatic rings. The van der Waals surface area contributed by atoms with Gasteiger partial charge in [-0.3, -0.25) is 0 Å². The first kappa shape index (κ1) is 13.4. The number of halogens is 1. The van der Waals surface area contributed by atoms with Crippen LogP contribution in [0, 0.1) is 6.92 Å². The summed E-state index contributed by atoms with van der Waals surface area (Å²) in [7, 11) is 1.61. The normalized spacial score (nSPS) is 12.4. The largest absolute Gasteiger partial charge is 0.496 e. The Labute approximate surface area is 116 Å². The smallest absolute Gasteiger partial charge is 0.124 e. The van der Waals surface area contributed by atoms with Gasteiger partial charge in [0.2, 0.25) is 0 Å². The summed E-state index contributed by atoms with van der Waals surface area (Å²) in [5, 5.41) is 10.3. The number of ether oxygens (including phenoxy) is 1. The average molecular weight is 283 g/mol. The van der Waals surface area contributed by atoms with Crippen LogP contribution in [0.4, 0.5) is 0 Å². The van der Waals surface area contributed by atoms with Crippen LogP contribution in [-0.2, 0) is 6.42 Å². The topological polar surface area (TPSA) is 29.5 Å². The SMILES string of the molecule is COc1ccc(C)cc1C(O)Cc1ccc(Cl)s1. The summed E-state index contributed by atoms with van der Waals surface area (Å²) in [5.74, 6) is 0.718. The van der Waals surface area contributed by atoms with Gasteiger partial charge in [-0.25, -0.2) is 0 Å². The summed E-state index contributed by atoms with van der Waals surface area (Å²) in [6, 6.07) is 9.60. The van der Waals surface area contributed by atoms with Gasteiger partial charge < -0.3 is 9.84 Å². The van der Waals surface area contributed by atoms with Crippen molar-refractivity contribution in [2.24, 2.45) is 0 Å². The molecule has 1 atom stereocenters. The summed E-state index contributed by atoms with van der Waals surface area (Å²) in [6.45, 7) is 2.00. The Morgan fingerprint density at radius 3 is 2.72 bits per heavy atom. The highest BCUT2D eigenvalue weighted by Gasteiger charge is 2.15. The molecule has 0 radical (unpaired) electrons. The van der Waals surface area contributed by atoms with E-state index in [0.29, 0.717) is 6.42 Å². The van der Waals surface area contributed by atoms with Gasteiger partial charge in [0.15, 0.2) is 0 Å². The molecule has 0 spiro atoms. The first-order valence-electron chi connectivity index (χ1n) is 5.67. The molecule has 1 unspecified atom stereocenters. The number of benzene rings is 1. The molecule has 4 heteroatoms. The standard InChI is InChI=1S/C14H15ClO2S/c1-9-3-5-13(17-2)11(7-9)12(16)8-10-4-6-14(15)18-10/h3-7,12,16H,8H2,1-2H3. The van der Waals surface area contributed by atoms with Crippen LogP contribution in [0.15, 0.2) is 30.3 Å². The molecule has 1 aromatic heterocycles. The Hall–Kier alpha value is -1.03. The van der Waals surface area contributed by atoms with Gasteiger partial charge in [0.1, 0.15) is 5.75 Å². The lowest BCUT2D eigenvalue weighted by molar-refractivity contribution is 0.175. The van der Waals surface area contributed by atoms with Gasteiger partial charge in [0.25, 0.3) is 0 Å². The second kappa shape index (κ2) is 5.74. The van der Waals surface area contributed by atoms with E-state index in [4.69, 9.17) is 16.3 Å². The number of methoxy groups -OCH3 is 1. The van der Waals surface area contributed by atoms with E-state index in [9.17, 15) is 5.11 Å². The van der Waals surface area contributed by atoms with Crippen LogP contribution in [0.2, 0.25) is 4.34 Å². The van der Waals surface area contributed by atoms with Crippen molar-refractivity contribution in [1.29, 1.82) is 0 Å². The van der Waals surface area contributed by atoms with Crippen LogP contribution in [0.1, 0.15) is 22.1 Å². The molecular weight excluding hydrogens is 268 g/mol. The van der Waals surface area contributed by atoms with E-state index in [1.807, 2.05) is 37.3 Å². The summed E-state index contributed by atoms with van der Waals surface area (Å²) in [4.78, 5) is 1.07. The Morgan fingerprint density at radius 1 is 1.33 bits per heavy atom. The third kappa shape index (κ3) is 3.05. The zero-order valence-corrected chi connectivity index (χ0v) is 11.9. The summed E-state index contributed by atoms with van der Waals surface area (Å²) in [5.41, 5.74) is 1.93. The third-order valence-corrected chi connectivity index (χ3v) is 4.02. The van der Waals surface area contributed by atoms with Crippen molar-refractivity contribution in [3.05, 3.63) is 50.7 Å². The van der Waals surface area contributed by atoms with Crippen LogP contribution in [0.25, 0.3) is 0 Å². The van der Waals surface area contributed by atoms with Gasteiger partial charge in [-0.15, -0.1) is 11.3 Å². The molecule has 1 N–H and O–H groups in total. The van der Waals surface area contributed by atoms with Crippen molar-refractivity contribution < 1.29 is 9.84 Å². The first-order chi connectivity index (χ1) is 8.60. The van der Waals surface area contributed by atoms with Crippen molar-refractivity contribution >= 4 is 22.9 Å². The number of aliphatic hydroxyl groups excluding tert-OH is 1. The van der Waals surface area contributed by atoms with Gasteiger partial charge >= 0.3 is 0 Å². The first-order valence-corrected chi connectivity index (χ1v) is 6.86. The summed E-state index contributed by atoms with van der Waals surface area (Å²) in [6.07, 6.45) is -0.0217. The maximum atomic E-state index is 10.3. The molecule has 18 heavy (non-hydrogen) atoms. The second-order valence-electron chi connectivity index (χ2n) is 4.17. The number of thiophene rings is 1. The maximum Gasteiger partial charge on any atom is 0.124 e. The molecule has 0 aliphatic carbocycles. The lowest BCUT2D eigenvalue weighted by Gasteiger charge is -2.14. The van der Waals surface area contributed by atoms with Gasteiger partial charge in [-0.2, -0.15) is 0 Å². The van der Waals surface area contributed by atoms with Crippen LogP contribution >= 0.6 is 22.9 Å². The fourth-order valence-corrected chi connectivity index (χ4v) is 3.00. The Bertz CT molecular complexity index is 536. The van der Waals surface area contributed by atoms with Crippen LogP contribution < -0.4 is 4.74 Å². The molecule has 2 nitrogen and oxygen atoms in total. The van der Waals surface area contributed by atoms with Crippen molar-refractivity contribution in [1.82, 2.24) is 0 Å². The lowest BCUT2D eigenvalue weighted by Crippen LogP contribution is -2.03. The van der Waals surface area contributed by atoms with Gasteiger partial charge in [-0.1, -0.05) is 23.2 Å². The molecule has 0 amide bonds. The molecule has 2 aromatic rings. The Kier molecular flexibility index (Phi) is 4.27.